The molecule has 4 rings (SSSR count). The van der Waals surface area contributed by atoms with E-state index >= 15 is 0 Å². The first-order valence-electron chi connectivity index (χ1n) is 11.4. The van der Waals surface area contributed by atoms with Gasteiger partial charge in [-0.15, -0.1) is 0 Å². The molecule has 3 aliphatic rings. The van der Waals surface area contributed by atoms with Gasteiger partial charge in [-0.05, 0) is 91.5 Å². The van der Waals surface area contributed by atoms with Crippen LogP contribution in [0.5, 0.6) is 0 Å². The summed E-state index contributed by atoms with van der Waals surface area (Å²) in [6.07, 6.45) is 5.55. The SMILES string of the molecule is Cc1ccc2c(c1)CCC1C2CC[C@@]2(C)C1C[C@@H](O)[C@@H]2O[Si](C)(C)C(C)(C)C. The molecule has 1 aromatic carbocycles. The summed E-state index contributed by atoms with van der Waals surface area (Å²) < 4.78 is 6.90. The maximum absolute atomic E-state index is 11.1. The first kappa shape index (κ1) is 20.6. The largest absolute Gasteiger partial charge is 0.411 e. The number of hydrogen-bond donors (Lipinski definition) is 1. The number of benzene rings is 1. The van der Waals surface area contributed by atoms with Gasteiger partial charge in [0.25, 0.3) is 0 Å². The van der Waals surface area contributed by atoms with Crippen molar-refractivity contribution in [3.8, 4) is 0 Å². The minimum Gasteiger partial charge on any atom is -0.411 e. The van der Waals surface area contributed by atoms with E-state index < -0.39 is 8.32 Å². The van der Waals surface area contributed by atoms with Crippen molar-refractivity contribution in [1.82, 2.24) is 0 Å². The zero-order valence-electron chi connectivity index (χ0n) is 19.0. The summed E-state index contributed by atoms with van der Waals surface area (Å²) >= 11 is 0. The first-order chi connectivity index (χ1) is 12.9. The van der Waals surface area contributed by atoms with Gasteiger partial charge in [0, 0.05) is 0 Å². The Hall–Kier alpha value is -0.643. The molecule has 3 unspecified atom stereocenters. The quantitative estimate of drug-likeness (QED) is 0.598. The van der Waals surface area contributed by atoms with Gasteiger partial charge < -0.3 is 9.53 Å². The zero-order valence-corrected chi connectivity index (χ0v) is 20.0. The minimum absolute atomic E-state index is 0.0127. The van der Waals surface area contributed by atoms with E-state index in [0.29, 0.717) is 17.8 Å². The van der Waals surface area contributed by atoms with Crippen LogP contribution in [0.25, 0.3) is 0 Å². The van der Waals surface area contributed by atoms with Crippen LogP contribution in [0.15, 0.2) is 18.2 Å². The molecule has 0 aliphatic heterocycles. The predicted molar refractivity (Wildman–Crippen MR) is 119 cm³/mol. The number of fused-ring (bicyclic) bond motifs is 5. The van der Waals surface area contributed by atoms with E-state index in [1.807, 2.05) is 0 Å². The number of aryl methyl sites for hydroxylation is 2. The van der Waals surface area contributed by atoms with Crippen LogP contribution in [0.1, 0.15) is 76.0 Å². The maximum Gasteiger partial charge on any atom is 0.192 e. The highest BCUT2D eigenvalue weighted by atomic mass is 28.4. The van der Waals surface area contributed by atoms with Crippen LogP contribution in [-0.4, -0.2) is 25.6 Å². The van der Waals surface area contributed by atoms with Gasteiger partial charge in [-0.1, -0.05) is 51.5 Å². The van der Waals surface area contributed by atoms with Gasteiger partial charge in [-0.3, -0.25) is 0 Å². The van der Waals surface area contributed by atoms with Gasteiger partial charge in [0.15, 0.2) is 8.32 Å². The Labute approximate surface area is 173 Å². The van der Waals surface area contributed by atoms with Gasteiger partial charge in [0.2, 0.25) is 0 Å². The molecule has 0 amide bonds. The van der Waals surface area contributed by atoms with Crippen molar-refractivity contribution in [3.63, 3.8) is 0 Å². The minimum atomic E-state index is -1.90. The van der Waals surface area contributed by atoms with Crippen LogP contribution in [0.4, 0.5) is 0 Å². The van der Waals surface area contributed by atoms with Crippen LogP contribution >= 0.6 is 0 Å². The second-order valence-electron chi connectivity index (χ2n) is 11.8. The summed E-state index contributed by atoms with van der Waals surface area (Å²) in [7, 11) is -1.90. The Morgan fingerprint density at radius 1 is 1.18 bits per heavy atom. The fraction of sp³-hybridized carbons (Fsp3) is 0.760. The average Bonchev–Trinajstić information content (AvgIpc) is 2.84. The van der Waals surface area contributed by atoms with Crippen molar-refractivity contribution < 1.29 is 9.53 Å². The molecule has 2 nitrogen and oxygen atoms in total. The Bertz CT molecular complexity index is 749. The molecular weight excluding hydrogens is 360 g/mol. The molecule has 0 saturated heterocycles. The van der Waals surface area contributed by atoms with E-state index in [1.165, 1.54) is 31.2 Å². The van der Waals surface area contributed by atoms with E-state index in [-0.39, 0.29) is 22.7 Å². The average molecular weight is 401 g/mol. The van der Waals surface area contributed by atoms with Gasteiger partial charge in [0.1, 0.15) is 0 Å². The second kappa shape index (κ2) is 6.68. The molecule has 0 spiro atoms. The molecule has 3 heteroatoms. The lowest BCUT2D eigenvalue weighted by molar-refractivity contribution is -0.0426. The molecule has 0 bridgehead atoms. The monoisotopic (exact) mass is 400 g/mol. The van der Waals surface area contributed by atoms with Crippen LogP contribution in [-0.2, 0) is 10.8 Å². The molecule has 2 fully saturated rings. The molecular formula is C25H40O2Si. The fourth-order valence-corrected chi connectivity index (χ4v) is 7.80. The zero-order chi connectivity index (χ0) is 20.5. The van der Waals surface area contributed by atoms with Crippen LogP contribution in [0.3, 0.4) is 0 Å². The lowest BCUT2D eigenvalue weighted by atomic mass is 9.55. The Kier molecular flexibility index (Phi) is 4.92. The molecule has 156 valence electrons. The lowest BCUT2D eigenvalue weighted by Crippen LogP contribution is -2.52. The maximum atomic E-state index is 11.1. The van der Waals surface area contributed by atoms with Gasteiger partial charge in [0.05, 0.1) is 12.2 Å². The lowest BCUT2D eigenvalue weighted by Gasteiger charge is -2.52. The standard InChI is InChI=1S/C25H40O2Si/c1-16-8-10-18-17(14-16)9-11-20-19(18)12-13-25(5)21(20)15-22(26)23(25)27-28(6,7)24(2,3)4/h8,10,14,19-23,26H,9,11-13,15H2,1-7H3/t19?,20?,21?,22-,23+,25+/m1/s1. The summed E-state index contributed by atoms with van der Waals surface area (Å²) in [5, 5.41) is 11.3. The highest BCUT2D eigenvalue weighted by molar-refractivity contribution is 6.74. The Balaban J connectivity index is 1.62. The van der Waals surface area contributed by atoms with Crippen LogP contribution in [0, 0.1) is 24.2 Å². The Morgan fingerprint density at radius 2 is 1.89 bits per heavy atom. The van der Waals surface area contributed by atoms with E-state index in [0.717, 1.165) is 6.42 Å². The van der Waals surface area contributed by atoms with Crippen molar-refractivity contribution in [2.75, 3.05) is 0 Å². The molecule has 6 atom stereocenters. The molecule has 0 aromatic heterocycles. The van der Waals surface area contributed by atoms with E-state index in [9.17, 15) is 5.11 Å². The molecule has 0 radical (unpaired) electrons. The summed E-state index contributed by atoms with van der Waals surface area (Å²) in [5.74, 6) is 1.98. The van der Waals surface area contributed by atoms with Gasteiger partial charge in [-0.2, -0.15) is 0 Å². The van der Waals surface area contributed by atoms with Crippen LogP contribution in [0.2, 0.25) is 18.1 Å². The van der Waals surface area contributed by atoms with Crippen LogP contribution < -0.4 is 0 Å². The van der Waals surface area contributed by atoms with Crippen molar-refractivity contribution in [2.45, 2.75) is 103 Å². The number of aliphatic hydroxyl groups is 1. The molecule has 2 saturated carbocycles. The number of hydrogen-bond acceptors (Lipinski definition) is 2. The molecule has 28 heavy (non-hydrogen) atoms. The molecule has 0 heterocycles. The van der Waals surface area contributed by atoms with Crippen molar-refractivity contribution in [1.29, 1.82) is 0 Å². The normalized spacial score (nSPS) is 37.9. The van der Waals surface area contributed by atoms with Crippen molar-refractivity contribution in [3.05, 3.63) is 34.9 Å². The van der Waals surface area contributed by atoms with Gasteiger partial charge >= 0.3 is 0 Å². The highest BCUT2D eigenvalue weighted by Gasteiger charge is 2.60. The number of rotatable bonds is 2. The van der Waals surface area contributed by atoms with E-state index in [2.05, 4.69) is 65.9 Å². The molecule has 3 aliphatic carbocycles. The number of aliphatic hydroxyl groups excluding tert-OH is 1. The summed E-state index contributed by atoms with van der Waals surface area (Å²) in [4.78, 5) is 0. The van der Waals surface area contributed by atoms with Crippen molar-refractivity contribution in [2.24, 2.45) is 17.3 Å². The smallest absolute Gasteiger partial charge is 0.192 e. The van der Waals surface area contributed by atoms with Crippen molar-refractivity contribution >= 4 is 8.32 Å². The predicted octanol–water partition coefficient (Wildman–Crippen LogP) is 6.21. The molecule has 1 N–H and O–H groups in total. The first-order valence-corrected chi connectivity index (χ1v) is 14.3. The topological polar surface area (TPSA) is 29.5 Å². The van der Waals surface area contributed by atoms with Gasteiger partial charge in [-0.25, -0.2) is 0 Å². The second-order valence-corrected chi connectivity index (χ2v) is 16.5. The third kappa shape index (κ3) is 3.13. The third-order valence-corrected chi connectivity index (χ3v) is 13.5. The highest BCUT2D eigenvalue weighted by Crippen LogP contribution is 2.62. The third-order valence-electron chi connectivity index (χ3n) is 9.04. The fourth-order valence-electron chi connectivity index (χ4n) is 6.39. The van der Waals surface area contributed by atoms with E-state index in [1.54, 1.807) is 11.1 Å². The summed E-state index contributed by atoms with van der Waals surface area (Å²) in [6, 6.07) is 7.10. The summed E-state index contributed by atoms with van der Waals surface area (Å²) in [5.41, 5.74) is 4.69. The summed E-state index contributed by atoms with van der Waals surface area (Å²) in [6.45, 7) is 16.2. The van der Waals surface area contributed by atoms with E-state index in [4.69, 9.17) is 4.43 Å². The molecule has 1 aromatic rings. The Morgan fingerprint density at radius 3 is 2.57 bits per heavy atom.